The molecule has 0 aliphatic carbocycles. The highest BCUT2D eigenvalue weighted by molar-refractivity contribution is 7.88. The summed E-state index contributed by atoms with van der Waals surface area (Å²) in [6.45, 7) is 3.77. The van der Waals surface area contributed by atoms with Crippen LogP contribution >= 0.6 is 0 Å². The summed E-state index contributed by atoms with van der Waals surface area (Å²) >= 11 is 0. The van der Waals surface area contributed by atoms with Crippen molar-refractivity contribution >= 4 is 21.6 Å². The molecule has 1 amide bonds. The minimum absolute atomic E-state index is 0.0447. The SMILES string of the molecule is CC(C)NC(=O)CCNS(=O)(=O)Cc1ccccc1N. The van der Waals surface area contributed by atoms with E-state index in [4.69, 9.17) is 5.73 Å². The largest absolute Gasteiger partial charge is 0.398 e. The minimum Gasteiger partial charge on any atom is -0.398 e. The van der Waals surface area contributed by atoms with Crippen molar-refractivity contribution in [2.24, 2.45) is 0 Å². The van der Waals surface area contributed by atoms with E-state index in [1.54, 1.807) is 24.3 Å². The van der Waals surface area contributed by atoms with E-state index in [0.717, 1.165) is 0 Å². The highest BCUT2D eigenvalue weighted by Gasteiger charge is 2.13. The highest BCUT2D eigenvalue weighted by Crippen LogP contribution is 2.13. The van der Waals surface area contributed by atoms with Crippen LogP contribution in [0.4, 0.5) is 5.69 Å². The molecule has 0 aliphatic heterocycles. The Morgan fingerprint density at radius 1 is 1.30 bits per heavy atom. The van der Waals surface area contributed by atoms with Crippen molar-refractivity contribution in [3.05, 3.63) is 29.8 Å². The molecule has 0 radical (unpaired) electrons. The van der Waals surface area contributed by atoms with Gasteiger partial charge in [0.05, 0.1) is 5.75 Å². The van der Waals surface area contributed by atoms with Crippen molar-refractivity contribution < 1.29 is 13.2 Å². The van der Waals surface area contributed by atoms with E-state index in [9.17, 15) is 13.2 Å². The zero-order valence-corrected chi connectivity index (χ0v) is 12.5. The maximum Gasteiger partial charge on any atom is 0.221 e. The molecule has 0 heterocycles. The Bertz CT molecular complexity index is 556. The summed E-state index contributed by atoms with van der Waals surface area (Å²) in [7, 11) is -3.49. The Balaban J connectivity index is 2.47. The molecule has 0 fully saturated rings. The number of nitrogens with two attached hydrogens (primary N) is 1. The van der Waals surface area contributed by atoms with Crippen molar-refractivity contribution in [2.45, 2.75) is 32.1 Å². The van der Waals surface area contributed by atoms with Gasteiger partial charge in [-0.3, -0.25) is 4.79 Å². The summed E-state index contributed by atoms with van der Waals surface area (Å²) in [5.41, 5.74) is 6.69. The van der Waals surface area contributed by atoms with E-state index in [1.807, 2.05) is 13.8 Å². The minimum atomic E-state index is -3.49. The summed E-state index contributed by atoms with van der Waals surface area (Å²) in [4.78, 5) is 11.4. The molecule has 6 nitrogen and oxygen atoms in total. The number of anilines is 1. The van der Waals surface area contributed by atoms with Crippen LogP contribution in [0.15, 0.2) is 24.3 Å². The van der Waals surface area contributed by atoms with Crippen LogP contribution < -0.4 is 15.8 Å². The average molecular weight is 299 g/mol. The first-order valence-corrected chi connectivity index (χ1v) is 8.05. The summed E-state index contributed by atoms with van der Waals surface area (Å²) in [5, 5.41) is 2.69. The van der Waals surface area contributed by atoms with Crippen LogP contribution in [0.3, 0.4) is 0 Å². The van der Waals surface area contributed by atoms with E-state index >= 15 is 0 Å². The second kappa shape index (κ2) is 7.25. The first kappa shape index (κ1) is 16.5. The third-order valence-corrected chi connectivity index (χ3v) is 3.86. The topological polar surface area (TPSA) is 101 Å². The summed E-state index contributed by atoms with van der Waals surface area (Å²) in [5.74, 6) is -0.368. The van der Waals surface area contributed by atoms with Gasteiger partial charge in [0, 0.05) is 24.7 Å². The summed E-state index contributed by atoms with van der Waals surface area (Å²) < 4.78 is 26.1. The summed E-state index contributed by atoms with van der Waals surface area (Å²) in [6.07, 6.45) is 0.113. The van der Waals surface area contributed by atoms with Gasteiger partial charge < -0.3 is 11.1 Å². The number of carbonyl (C=O) groups is 1. The number of nitrogens with one attached hydrogen (secondary N) is 2. The van der Waals surface area contributed by atoms with E-state index in [1.165, 1.54) is 0 Å². The molecular weight excluding hydrogens is 278 g/mol. The molecule has 0 spiro atoms. The number of nitrogen functional groups attached to an aromatic ring is 1. The lowest BCUT2D eigenvalue weighted by Crippen LogP contribution is -2.34. The number of hydrogen-bond acceptors (Lipinski definition) is 4. The number of carbonyl (C=O) groups excluding carboxylic acids is 1. The molecule has 1 aromatic rings. The van der Waals surface area contributed by atoms with Crippen molar-refractivity contribution in [1.82, 2.24) is 10.0 Å². The molecule has 1 rings (SSSR count). The fourth-order valence-electron chi connectivity index (χ4n) is 1.64. The zero-order chi connectivity index (χ0) is 15.2. The molecule has 0 saturated heterocycles. The number of benzene rings is 1. The van der Waals surface area contributed by atoms with Gasteiger partial charge in [-0.1, -0.05) is 18.2 Å². The molecule has 0 aliphatic rings. The van der Waals surface area contributed by atoms with Gasteiger partial charge in [-0.25, -0.2) is 13.1 Å². The van der Waals surface area contributed by atoms with E-state index in [-0.39, 0.29) is 30.7 Å². The molecule has 20 heavy (non-hydrogen) atoms. The van der Waals surface area contributed by atoms with Gasteiger partial charge in [-0.05, 0) is 25.5 Å². The second-order valence-corrected chi connectivity index (χ2v) is 6.63. The maximum atomic E-state index is 11.9. The smallest absolute Gasteiger partial charge is 0.221 e. The molecule has 0 atom stereocenters. The fourth-order valence-corrected chi connectivity index (χ4v) is 2.82. The van der Waals surface area contributed by atoms with E-state index in [2.05, 4.69) is 10.0 Å². The number of para-hydroxylation sites is 1. The summed E-state index contributed by atoms with van der Waals surface area (Å²) in [6, 6.07) is 6.84. The molecule has 7 heteroatoms. The Kier molecular flexibility index (Phi) is 5.97. The van der Waals surface area contributed by atoms with Crippen LogP contribution in [0.2, 0.25) is 0 Å². The predicted octanol–water partition coefficient (Wildman–Crippen LogP) is 0.603. The molecule has 0 saturated carbocycles. The van der Waals surface area contributed by atoms with Crippen LogP contribution in [0.5, 0.6) is 0 Å². The van der Waals surface area contributed by atoms with Crippen LogP contribution in [0, 0.1) is 0 Å². The van der Waals surface area contributed by atoms with Crippen molar-refractivity contribution in [2.75, 3.05) is 12.3 Å². The third-order valence-electron chi connectivity index (χ3n) is 2.52. The molecule has 0 bridgehead atoms. The van der Waals surface area contributed by atoms with Gasteiger partial charge in [-0.2, -0.15) is 0 Å². The van der Waals surface area contributed by atoms with Gasteiger partial charge in [0.1, 0.15) is 0 Å². The van der Waals surface area contributed by atoms with Crippen LogP contribution in [-0.4, -0.2) is 26.9 Å². The van der Waals surface area contributed by atoms with Crippen molar-refractivity contribution in [3.8, 4) is 0 Å². The van der Waals surface area contributed by atoms with Crippen LogP contribution in [-0.2, 0) is 20.6 Å². The first-order valence-electron chi connectivity index (χ1n) is 6.40. The molecule has 1 aromatic carbocycles. The Morgan fingerprint density at radius 2 is 1.95 bits per heavy atom. The monoisotopic (exact) mass is 299 g/mol. The Hall–Kier alpha value is -1.60. The lowest BCUT2D eigenvalue weighted by molar-refractivity contribution is -0.121. The van der Waals surface area contributed by atoms with Gasteiger partial charge in [-0.15, -0.1) is 0 Å². The first-order chi connectivity index (χ1) is 9.30. The van der Waals surface area contributed by atoms with Gasteiger partial charge in [0.15, 0.2) is 0 Å². The lowest BCUT2D eigenvalue weighted by Gasteiger charge is -2.10. The standard InChI is InChI=1S/C13H21N3O3S/c1-10(2)16-13(17)7-8-15-20(18,19)9-11-5-3-4-6-12(11)14/h3-6,10,15H,7-9,14H2,1-2H3,(H,16,17). The number of sulfonamides is 1. The molecule has 4 N–H and O–H groups in total. The molecule has 0 unspecified atom stereocenters. The number of rotatable bonds is 7. The van der Waals surface area contributed by atoms with E-state index < -0.39 is 10.0 Å². The van der Waals surface area contributed by atoms with E-state index in [0.29, 0.717) is 11.3 Å². The quantitative estimate of drug-likeness (QED) is 0.642. The highest BCUT2D eigenvalue weighted by atomic mass is 32.2. The number of hydrogen-bond donors (Lipinski definition) is 3. The molecule has 0 aromatic heterocycles. The second-order valence-electron chi connectivity index (χ2n) is 4.82. The normalized spacial score (nSPS) is 11.6. The van der Waals surface area contributed by atoms with Crippen LogP contribution in [0.25, 0.3) is 0 Å². The lowest BCUT2D eigenvalue weighted by atomic mass is 10.2. The average Bonchev–Trinajstić information content (AvgIpc) is 2.30. The number of amides is 1. The third kappa shape index (κ3) is 6.03. The van der Waals surface area contributed by atoms with Gasteiger partial charge in [0.2, 0.25) is 15.9 Å². The Morgan fingerprint density at radius 3 is 2.55 bits per heavy atom. The maximum absolute atomic E-state index is 11.9. The predicted molar refractivity (Wildman–Crippen MR) is 79.4 cm³/mol. The van der Waals surface area contributed by atoms with Crippen LogP contribution in [0.1, 0.15) is 25.8 Å². The van der Waals surface area contributed by atoms with Gasteiger partial charge in [0.25, 0.3) is 0 Å². The zero-order valence-electron chi connectivity index (χ0n) is 11.7. The van der Waals surface area contributed by atoms with Crippen molar-refractivity contribution in [1.29, 1.82) is 0 Å². The molecular formula is C13H21N3O3S. The Labute approximate surface area is 119 Å². The van der Waals surface area contributed by atoms with Crippen molar-refractivity contribution in [3.63, 3.8) is 0 Å². The van der Waals surface area contributed by atoms with Gasteiger partial charge >= 0.3 is 0 Å². The fraction of sp³-hybridized carbons (Fsp3) is 0.462. The molecule has 112 valence electrons.